The van der Waals surface area contributed by atoms with Crippen molar-refractivity contribution in [3.05, 3.63) is 70.9 Å². The van der Waals surface area contributed by atoms with Gasteiger partial charge in [0.1, 0.15) is 5.60 Å². The third-order valence-electron chi connectivity index (χ3n) is 5.79. The topological polar surface area (TPSA) is 47.4 Å². The molecule has 0 spiro atoms. The molecule has 3 aromatic rings. The number of likely N-dealkylation sites (tertiary alicyclic amines) is 1. The minimum atomic E-state index is -0.481. The number of amides is 1. The van der Waals surface area contributed by atoms with Crippen molar-refractivity contribution in [3.8, 4) is 16.9 Å². The molecule has 0 saturated carbocycles. The van der Waals surface area contributed by atoms with Crippen LogP contribution in [0.1, 0.15) is 64.6 Å². The number of halogens is 1. The molecular weight excluding hydrogens is 446 g/mol. The summed E-state index contributed by atoms with van der Waals surface area (Å²) in [5.74, 6) is 0.289. The van der Waals surface area contributed by atoms with Crippen molar-refractivity contribution in [1.82, 2.24) is 14.7 Å². The first-order valence-electron chi connectivity index (χ1n) is 12.1. The fourth-order valence-corrected chi connectivity index (χ4v) is 4.48. The Labute approximate surface area is 208 Å². The van der Waals surface area contributed by atoms with E-state index >= 15 is 0 Å². The Morgan fingerprint density at radius 3 is 2.26 bits per heavy atom. The molecular formula is C28H36ClN3O2. The number of hydrogen-bond acceptors (Lipinski definition) is 3. The second-order valence-corrected chi connectivity index (χ2v) is 9.79. The first-order chi connectivity index (χ1) is 16.2. The standard InChI is InChI=1S/C26H30ClN3O2.C2H6/c1-18-23(19-13-15-29(16-14-19)25(31)32-26(2,3)4)28-30(22-11-6-5-7-12-22)24(18)20-9-8-10-21(27)17-20;1-2/h5-12,17,19H,13-16H2,1-4H3;1-2H3. The van der Waals surface area contributed by atoms with Crippen LogP contribution < -0.4 is 0 Å². The fraction of sp³-hybridized carbons (Fsp3) is 0.429. The molecule has 182 valence electrons. The lowest BCUT2D eigenvalue weighted by Crippen LogP contribution is -2.41. The van der Waals surface area contributed by atoms with Crippen molar-refractivity contribution in [3.63, 3.8) is 0 Å². The molecule has 2 aromatic carbocycles. The lowest BCUT2D eigenvalue weighted by molar-refractivity contribution is 0.0204. The molecule has 0 unspecified atom stereocenters. The zero-order valence-corrected chi connectivity index (χ0v) is 21.9. The molecule has 5 nitrogen and oxygen atoms in total. The van der Waals surface area contributed by atoms with Crippen LogP contribution in [0.15, 0.2) is 54.6 Å². The molecule has 0 radical (unpaired) electrons. The summed E-state index contributed by atoms with van der Waals surface area (Å²) in [6.07, 6.45) is 1.49. The predicted molar refractivity (Wildman–Crippen MR) is 140 cm³/mol. The Bertz CT molecular complexity index is 1090. The highest BCUT2D eigenvalue weighted by Gasteiger charge is 2.30. The van der Waals surface area contributed by atoms with E-state index in [1.807, 2.05) is 80.6 Å². The van der Waals surface area contributed by atoms with Gasteiger partial charge in [-0.2, -0.15) is 5.10 Å². The van der Waals surface area contributed by atoms with Crippen LogP contribution in [0.2, 0.25) is 5.02 Å². The van der Waals surface area contributed by atoms with E-state index in [2.05, 4.69) is 25.1 Å². The van der Waals surface area contributed by atoms with E-state index in [1.165, 1.54) is 0 Å². The van der Waals surface area contributed by atoms with Crippen molar-refractivity contribution in [2.45, 2.75) is 65.9 Å². The second-order valence-electron chi connectivity index (χ2n) is 9.36. The van der Waals surface area contributed by atoms with Gasteiger partial charge in [0.2, 0.25) is 0 Å². The number of carbonyl (C=O) groups is 1. The number of nitrogens with zero attached hydrogens (tertiary/aromatic N) is 3. The first-order valence-corrected chi connectivity index (χ1v) is 12.5. The predicted octanol–water partition coefficient (Wildman–Crippen LogP) is 7.64. The summed E-state index contributed by atoms with van der Waals surface area (Å²) in [4.78, 5) is 14.3. The molecule has 1 saturated heterocycles. The Balaban J connectivity index is 0.00000158. The minimum absolute atomic E-state index is 0.234. The van der Waals surface area contributed by atoms with Crippen molar-refractivity contribution < 1.29 is 9.53 Å². The maximum absolute atomic E-state index is 12.5. The number of ether oxygens (including phenoxy) is 1. The van der Waals surface area contributed by atoms with Crippen LogP contribution in [0.3, 0.4) is 0 Å². The van der Waals surface area contributed by atoms with Crippen molar-refractivity contribution in [2.75, 3.05) is 13.1 Å². The molecule has 1 aliphatic heterocycles. The number of piperidine rings is 1. The number of hydrogen-bond donors (Lipinski definition) is 0. The lowest BCUT2D eigenvalue weighted by atomic mass is 9.90. The number of para-hydroxylation sites is 1. The van der Waals surface area contributed by atoms with E-state index in [-0.39, 0.29) is 12.0 Å². The summed E-state index contributed by atoms with van der Waals surface area (Å²) in [6.45, 7) is 13.2. The first kappa shape index (κ1) is 25.8. The van der Waals surface area contributed by atoms with Crippen LogP contribution in [0.4, 0.5) is 4.79 Å². The zero-order valence-electron chi connectivity index (χ0n) is 21.1. The molecule has 1 amide bonds. The van der Waals surface area contributed by atoms with Crippen LogP contribution in [-0.2, 0) is 4.74 Å². The number of aromatic nitrogens is 2. The quantitative estimate of drug-likeness (QED) is 0.386. The summed E-state index contributed by atoms with van der Waals surface area (Å²) < 4.78 is 7.57. The summed E-state index contributed by atoms with van der Waals surface area (Å²) in [5.41, 5.74) is 4.89. The maximum atomic E-state index is 12.5. The molecule has 4 rings (SSSR count). The summed E-state index contributed by atoms with van der Waals surface area (Å²) in [5, 5.41) is 5.78. The molecule has 2 heterocycles. The molecule has 0 bridgehead atoms. The fourth-order valence-electron chi connectivity index (χ4n) is 4.29. The van der Waals surface area contributed by atoms with E-state index in [9.17, 15) is 4.79 Å². The largest absolute Gasteiger partial charge is 0.444 e. The third kappa shape index (κ3) is 6.01. The highest BCUT2D eigenvalue weighted by atomic mass is 35.5. The van der Waals surface area contributed by atoms with Crippen LogP contribution in [0.25, 0.3) is 16.9 Å². The zero-order chi connectivity index (χ0) is 24.9. The van der Waals surface area contributed by atoms with Gasteiger partial charge in [0.25, 0.3) is 0 Å². The van der Waals surface area contributed by atoms with Crippen LogP contribution in [0, 0.1) is 6.92 Å². The molecule has 1 aromatic heterocycles. The van der Waals surface area contributed by atoms with Gasteiger partial charge in [-0.15, -0.1) is 0 Å². The summed E-state index contributed by atoms with van der Waals surface area (Å²) >= 11 is 6.31. The summed E-state index contributed by atoms with van der Waals surface area (Å²) in [7, 11) is 0. The van der Waals surface area contributed by atoms with Gasteiger partial charge in [0.05, 0.1) is 17.1 Å². The molecule has 1 aliphatic rings. The van der Waals surface area contributed by atoms with Gasteiger partial charge >= 0.3 is 6.09 Å². The number of carbonyl (C=O) groups excluding carboxylic acids is 1. The average molecular weight is 482 g/mol. The molecule has 1 fully saturated rings. The Morgan fingerprint density at radius 2 is 1.68 bits per heavy atom. The Hall–Kier alpha value is -2.79. The van der Waals surface area contributed by atoms with Gasteiger partial charge in [-0.3, -0.25) is 0 Å². The second kappa shape index (κ2) is 11.1. The molecule has 0 atom stereocenters. The van der Waals surface area contributed by atoms with Crippen LogP contribution in [-0.4, -0.2) is 39.5 Å². The van der Waals surface area contributed by atoms with E-state index in [0.29, 0.717) is 18.1 Å². The number of benzene rings is 2. The van der Waals surface area contributed by atoms with E-state index < -0.39 is 5.60 Å². The monoisotopic (exact) mass is 481 g/mol. The molecule has 34 heavy (non-hydrogen) atoms. The molecule has 6 heteroatoms. The highest BCUT2D eigenvalue weighted by Crippen LogP contribution is 2.36. The van der Waals surface area contributed by atoms with E-state index in [1.54, 1.807) is 0 Å². The van der Waals surface area contributed by atoms with E-state index in [4.69, 9.17) is 21.4 Å². The van der Waals surface area contributed by atoms with Crippen molar-refractivity contribution in [1.29, 1.82) is 0 Å². The molecule has 0 N–H and O–H groups in total. The van der Waals surface area contributed by atoms with Crippen molar-refractivity contribution in [2.24, 2.45) is 0 Å². The van der Waals surface area contributed by atoms with Crippen molar-refractivity contribution >= 4 is 17.7 Å². The number of rotatable bonds is 3. The summed E-state index contributed by atoms with van der Waals surface area (Å²) in [6, 6.07) is 18.1. The highest BCUT2D eigenvalue weighted by molar-refractivity contribution is 6.30. The normalized spacial score (nSPS) is 14.4. The van der Waals surface area contributed by atoms with Gasteiger partial charge in [-0.1, -0.05) is 55.8 Å². The van der Waals surface area contributed by atoms with Crippen LogP contribution >= 0.6 is 11.6 Å². The molecule has 0 aliphatic carbocycles. The Morgan fingerprint density at radius 1 is 1.03 bits per heavy atom. The van der Waals surface area contributed by atoms with Crippen LogP contribution in [0.5, 0.6) is 0 Å². The van der Waals surface area contributed by atoms with Gasteiger partial charge in [-0.05, 0) is 70.4 Å². The minimum Gasteiger partial charge on any atom is -0.444 e. The van der Waals surface area contributed by atoms with Gasteiger partial charge in [0, 0.05) is 29.6 Å². The average Bonchev–Trinajstić information content (AvgIpc) is 3.17. The van der Waals surface area contributed by atoms with Gasteiger partial charge < -0.3 is 9.64 Å². The lowest BCUT2D eigenvalue weighted by Gasteiger charge is -2.33. The Kier molecular flexibility index (Phi) is 8.42. The SMILES string of the molecule is CC.Cc1c(C2CCN(C(=O)OC(C)(C)C)CC2)nn(-c2ccccc2)c1-c1cccc(Cl)c1. The van der Waals surface area contributed by atoms with Gasteiger partial charge in [-0.25, -0.2) is 9.48 Å². The van der Waals surface area contributed by atoms with E-state index in [0.717, 1.165) is 41.0 Å². The maximum Gasteiger partial charge on any atom is 0.410 e. The smallest absolute Gasteiger partial charge is 0.410 e. The third-order valence-corrected chi connectivity index (χ3v) is 6.03. The van der Waals surface area contributed by atoms with Gasteiger partial charge in [0.15, 0.2) is 0 Å².